The molecule has 0 spiro atoms. The maximum absolute atomic E-state index is 13.0. The molecule has 1 aliphatic heterocycles. The van der Waals surface area contributed by atoms with Gasteiger partial charge in [-0.3, -0.25) is 4.90 Å². The third-order valence-corrected chi connectivity index (χ3v) is 5.89. The number of hydrogen-bond donors (Lipinski definition) is 0. The summed E-state index contributed by atoms with van der Waals surface area (Å²) in [5.41, 5.74) is -0.333. The molecule has 5 nitrogen and oxygen atoms in total. The third kappa shape index (κ3) is 5.65. The van der Waals surface area contributed by atoms with Crippen LogP contribution in [0.3, 0.4) is 0 Å². The van der Waals surface area contributed by atoms with E-state index in [4.69, 9.17) is 14.2 Å². The second-order valence-electron chi connectivity index (χ2n) is 7.82. The second-order valence-corrected chi connectivity index (χ2v) is 7.82. The molecule has 0 amide bonds. The van der Waals surface area contributed by atoms with Gasteiger partial charge in [0, 0.05) is 18.0 Å². The molecule has 2 aromatic carbocycles. The van der Waals surface area contributed by atoms with Gasteiger partial charge < -0.3 is 14.2 Å². The van der Waals surface area contributed by atoms with Crippen molar-refractivity contribution in [2.75, 3.05) is 27.8 Å². The van der Waals surface area contributed by atoms with Gasteiger partial charge in [-0.15, -0.1) is 0 Å². The number of carbonyl (C=O) groups is 1. The molecule has 32 heavy (non-hydrogen) atoms. The number of esters is 1. The number of ether oxygens (including phenoxy) is 3. The SMILES string of the molecule is CN1CCC2CCC(OC(=O)c3ccccc3C(F)F)=C[C@@H]21.COc1ccccc1OC. The second kappa shape index (κ2) is 11.1. The van der Waals surface area contributed by atoms with Crippen molar-refractivity contribution < 1.29 is 27.8 Å². The Bertz CT molecular complexity index is 924. The third-order valence-electron chi connectivity index (χ3n) is 5.89. The van der Waals surface area contributed by atoms with Gasteiger partial charge in [0.25, 0.3) is 6.43 Å². The minimum absolute atomic E-state index is 0.0553. The number of fused-ring (bicyclic) bond motifs is 1. The summed E-state index contributed by atoms with van der Waals surface area (Å²) >= 11 is 0. The van der Waals surface area contributed by atoms with E-state index in [9.17, 15) is 13.6 Å². The van der Waals surface area contributed by atoms with Crippen LogP contribution in [-0.4, -0.2) is 44.7 Å². The molecule has 0 saturated carbocycles. The van der Waals surface area contributed by atoms with Crippen molar-refractivity contribution in [3.05, 3.63) is 71.5 Å². The number of alkyl halides is 2. The molecule has 0 bridgehead atoms. The number of likely N-dealkylation sites (N-methyl/N-ethyl adjacent to an activating group) is 1. The van der Waals surface area contributed by atoms with Crippen LogP contribution in [0, 0.1) is 5.92 Å². The van der Waals surface area contributed by atoms with Gasteiger partial charge in [-0.2, -0.15) is 0 Å². The number of para-hydroxylation sites is 2. The van der Waals surface area contributed by atoms with Crippen LogP contribution >= 0.6 is 0 Å². The molecule has 1 saturated heterocycles. The molecule has 0 radical (unpaired) electrons. The van der Waals surface area contributed by atoms with E-state index in [-0.39, 0.29) is 11.1 Å². The number of benzene rings is 2. The highest BCUT2D eigenvalue weighted by molar-refractivity contribution is 5.91. The van der Waals surface area contributed by atoms with Crippen molar-refractivity contribution in [1.29, 1.82) is 0 Å². The Morgan fingerprint density at radius 2 is 1.62 bits per heavy atom. The predicted octanol–water partition coefficient (Wildman–Crippen LogP) is 5.48. The fourth-order valence-corrected chi connectivity index (χ4v) is 4.15. The molecule has 7 heteroatoms. The highest BCUT2D eigenvalue weighted by Gasteiger charge is 2.34. The van der Waals surface area contributed by atoms with Crippen molar-refractivity contribution in [3.8, 4) is 11.5 Å². The first-order valence-electron chi connectivity index (χ1n) is 10.6. The lowest BCUT2D eigenvalue weighted by Gasteiger charge is -2.27. The molecule has 2 aliphatic rings. The van der Waals surface area contributed by atoms with Crippen LogP contribution in [0.2, 0.25) is 0 Å². The first kappa shape index (κ1) is 23.7. The summed E-state index contributed by atoms with van der Waals surface area (Å²) in [6.45, 7) is 1.04. The van der Waals surface area contributed by atoms with Gasteiger partial charge in [-0.1, -0.05) is 30.3 Å². The van der Waals surface area contributed by atoms with E-state index in [1.165, 1.54) is 18.2 Å². The molecule has 172 valence electrons. The Balaban J connectivity index is 0.000000243. The first-order chi connectivity index (χ1) is 15.4. The number of allylic oxidation sites excluding steroid dienone is 1. The van der Waals surface area contributed by atoms with Gasteiger partial charge >= 0.3 is 5.97 Å². The number of nitrogens with zero attached hydrogens (tertiary/aromatic N) is 1. The monoisotopic (exact) mass is 445 g/mol. The number of hydrogen-bond acceptors (Lipinski definition) is 5. The van der Waals surface area contributed by atoms with Gasteiger partial charge in [0.15, 0.2) is 11.5 Å². The van der Waals surface area contributed by atoms with Crippen LogP contribution in [0.4, 0.5) is 8.78 Å². The van der Waals surface area contributed by atoms with E-state index in [1.54, 1.807) is 20.3 Å². The topological polar surface area (TPSA) is 48.0 Å². The molecule has 1 unspecified atom stereocenters. The van der Waals surface area contributed by atoms with E-state index in [0.29, 0.717) is 24.1 Å². The molecule has 1 fully saturated rings. The van der Waals surface area contributed by atoms with Crippen LogP contribution < -0.4 is 9.47 Å². The zero-order valence-corrected chi connectivity index (χ0v) is 18.6. The molecule has 0 N–H and O–H groups in total. The van der Waals surface area contributed by atoms with Gasteiger partial charge in [-0.25, -0.2) is 13.6 Å². The lowest BCUT2D eigenvalue weighted by molar-refractivity contribution is 0.0587. The quantitative estimate of drug-likeness (QED) is 0.570. The molecule has 2 atom stereocenters. The predicted molar refractivity (Wildman–Crippen MR) is 118 cm³/mol. The minimum Gasteiger partial charge on any atom is -0.493 e. The normalized spacial score (nSPS) is 20.0. The first-order valence-corrected chi connectivity index (χ1v) is 10.6. The molecule has 0 aromatic heterocycles. The smallest absolute Gasteiger partial charge is 0.343 e. The molecule has 2 aromatic rings. The van der Waals surface area contributed by atoms with Crippen molar-refractivity contribution in [3.63, 3.8) is 0 Å². The molecule has 1 heterocycles. The van der Waals surface area contributed by atoms with Gasteiger partial charge in [-0.05, 0) is 56.6 Å². The van der Waals surface area contributed by atoms with Gasteiger partial charge in [0.05, 0.1) is 19.8 Å². The standard InChI is InChI=1S/C17H19F2NO2.C8H10O2/c1-20-9-8-11-6-7-12(10-15(11)20)22-17(21)14-5-3-2-4-13(14)16(18)19;1-9-7-5-3-4-6-8(7)10-2/h2-5,10-11,15-16H,6-9H2,1H3;3-6H,1-2H3/t11?,15-;/m0./s1. The Labute approximate surface area is 187 Å². The lowest BCUT2D eigenvalue weighted by atomic mass is 9.89. The summed E-state index contributed by atoms with van der Waals surface area (Å²) in [4.78, 5) is 14.4. The summed E-state index contributed by atoms with van der Waals surface area (Å²) in [7, 11) is 5.30. The van der Waals surface area contributed by atoms with Crippen molar-refractivity contribution >= 4 is 5.97 Å². The minimum atomic E-state index is -2.69. The van der Waals surface area contributed by atoms with Crippen LogP contribution in [0.5, 0.6) is 11.5 Å². The Morgan fingerprint density at radius 3 is 2.25 bits per heavy atom. The number of likely N-dealkylation sites (tertiary alicyclic amines) is 1. The zero-order chi connectivity index (χ0) is 23.1. The van der Waals surface area contributed by atoms with Gasteiger partial charge in [0.1, 0.15) is 5.76 Å². The highest BCUT2D eigenvalue weighted by atomic mass is 19.3. The van der Waals surface area contributed by atoms with E-state index in [2.05, 4.69) is 11.9 Å². The summed E-state index contributed by atoms with van der Waals surface area (Å²) in [5.74, 6) is 2.06. The van der Waals surface area contributed by atoms with E-state index in [1.807, 2.05) is 30.3 Å². The van der Waals surface area contributed by atoms with Crippen molar-refractivity contribution in [1.82, 2.24) is 4.90 Å². The van der Waals surface area contributed by atoms with E-state index < -0.39 is 12.4 Å². The van der Waals surface area contributed by atoms with Crippen LogP contribution in [-0.2, 0) is 4.74 Å². The largest absolute Gasteiger partial charge is 0.493 e. The van der Waals surface area contributed by atoms with Gasteiger partial charge in [0.2, 0.25) is 0 Å². The fourth-order valence-electron chi connectivity index (χ4n) is 4.15. The highest BCUT2D eigenvalue weighted by Crippen LogP contribution is 2.35. The average Bonchev–Trinajstić information content (AvgIpc) is 3.19. The summed E-state index contributed by atoms with van der Waals surface area (Å²) < 4.78 is 41.3. The molecular formula is C25H29F2NO4. The Hall–Kier alpha value is -2.93. The number of carbonyl (C=O) groups excluding carboxylic acids is 1. The van der Waals surface area contributed by atoms with Crippen LogP contribution in [0.1, 0.15) is 41.6 Å². The molecule has 4 rings (SSSR count). The van der Waals surface area contributed by atoms with E-state index in [0.717, 1.165) is 30.9 Å². The number of rotatable bonds is 5. The van der Waals surface area contributed by atoms with Crippen molar-refractivity contribution in [2.45, 2.75) is 31.7 Å². The maximum atomic E-state index is 13.0. The van der Waals surface area contributed by atoms with E-state index >= 15 is 0 Å². The number of methoxy groups -OCH3 is 2. The Morgan fingerprint density at radius 1 is 1.00 bits per heavy atom. The lowest BCUT2D eigenvalue weighted by Crippen LogP contribution is -2.30. The molecule has 1 aliphatic carbocycles. The number of halogens is 2. The van der Waals surface area contributed by atoms with Crippen LogP contribution in [0.15, 0.2) is 60.4 Å². The Kier molecular flexibility index (Phi) is 8.22. The fraction of sp³-hybridized carbons (Fsp3) is 0.400. The average molecular weight is 446 g/mol. The van der Waals surface area contributed by atoms with Crippen molar-refractivity contribution in [2.24, 2.45) is 5.92 Å². The maximum Gasteiger partial charge on any atom is 0.343 e. The summed E-state index contributed by atoms with van der Waals surface area (Å²) in [6, 6.07) is 13.5. The summed E-state index contributed by atoms with van der Waals surface area (Å²) in [6.07, 6.45) is 2.12. The summed E-state index contributed by atoms with van der Waals surface area (Å²) in [5, 5.41) is 0. The zero-order valence-electron chi connectivity index (χ0n) is 18.6. The molecular weight excluding hydrogens is 416 g/mol. The van der Waals surface area contributed by atoms with Crippen LogP contribution in [0.25, 0.3) is 0 Å².